The molecule has 1 saturated carbocycles. The third-order valence-corrected chi connectivity index (χ3v) is 4.36. The van der Waals surface area contributed by atoms with E-state index in [1.54, 1.807) is 6.07 Å². The molecule has 6 nitrogen and oxygen atoms in total. The number of carbonyl (C=O) groups excluding carboxylic acids is 1. The van der Waals surface area contributed by atoms with Gasteiger partial charge in [0.2, 0.25) is 0 Å². The number of amides is 1. The van der Waals surface area contributed by atoms with Crippen LogP contribution in [-0.2, 0) is 0 Å². The summed E-state index contributed by atoms with van der Waals surface area (Å²) >= 11 is 0. The van der Waals surface area contributed by atoms with Crippen molar-refractivity contribution in [3.05, 3.63) is 58.3 Å². The average molecular weight is 331 g/mol. The number of nitrogens with one attached hydrogen (secondary N) is 1. The van der Waals surface area contributed by atoms with E-state index in [2.05, 4.69) is 10.4 Å². The Bertz CT molecular complexity index is 813. The quantitative estimate of drug-likeness (QED) is 0.887. The Morgan fingerprint density at radius 2 is 1.96 bits per heavy atom. The average Bonchev–Trinajstić information content (AvgIpc) is 3.05. The molecule has 0 radical (unpaired) electrons. The van der Waals surface area contributed by atoms with Gasteiger partial charge in [-0.2, -0.15) is 9.78 Å². The zero-order chi connectivity index (χ0) is 17.2. The maximum atomic E-state index is 13.9. The van der Waals surface area contributed by atoms with Gasteiger partial charge in [-0.3, -0.25) is 9.59 Å². The molecule has 2 aromatic rings. The fourth-order valence-electron chi connectivity index (χ4n) is 3.01. The maximum Gasteiger partial charge on any atom is 0.272 e. The first-order chi connectivity index (χ1) is 11.5. The van der Waals surface area contributed by atoms with Crippen LogP contribution in [0.5, 0.6) is 0 Å². The molecule has 3 rings (SSSR count). The molecule has 24 heavy (non-hydrogen) atoms. The molecule has 1 heterocycles. The third kappa shape index (κ3) is 3.07. The Kier molecular flexibility index (Phi) is 4.44. The van der Waals surface area contributed by atoms with Crippen LogP contribution in [0.1, 0.15) is 36.2 Å². The molecular weight excluding hydrogens is 313 g/mol. The molecule has 1 aromatic carbocycles. The molecule has 7 heteroatoms. The number of aliphatic hydroxyl groups is 1. The molecule has 0 atom stereocenters. The fraction of sp³-hybridized carbons (Fsp3) is 0.353. The molecule has 126 valence electrons. The van der Waals surface area contributed by atoms with Crippen LogP contribution in [0.15, 0.2) is 41.2 Å². The number of carbonyl (C=O) groups is 1. The second-order valence-electron chi connectivity index (χ2n) is 6.02. The van der Waals surface area contributed by atoms with Crippen LogP contribution in [0.25, 0.3) is 5.69 Å². The van der Waals surface area contributed by atoms with Gasteiger partial charge in [-0.15, -0.1) is 0 Å². The number of para-hydroxylation sites is 1. The minimum Gasteiger partial charge on any atom is -0.394 e. The van der Waals surface area contributed by atoms with Gasteiger partial charge in [-0.1, -0.05) is 25.0 Å². The maximum absolute atomic E-state index is 13.9. The molecule has 0 spiro atoms. The van der Waals surface area contributed by atoms with Gasteiger partial charge in [-0.25, -0.2) is 4.39 Å². The number of aliphatic hydroxyl groups excluding tert-OH is 1. The summed E-state index contributed by atoms with van der Waals surface area (Å²) in [6.45, 7) is -0.147. The van der Waals surface area contributed by atoms with Gasteiger partial charge >= 0.3 is 0 Å². The standard InChI is InChI=1S/C17H18FN3O3/c18-12-5-1-2-6-14(12)21-15(23)8-7-13(20-21)16(24)19-17(11-22)9-3-4-10-17/h1-2,5-8,22H,3-4,9-11H2,(H,19,24). The van der Waals surface area contributed by atoms with Gasteiger partial charge in [0.15, 0.2) is 0 Å². The molecule has 0 aliphatic heterocycles. The van der Waals surface area contributed by atoms with Crippen molar-refractivity contribution in [1.82, 2.24) is 15.1 Å². The second kappa shape index (κ2) is 6.52. The highest BCUT2D eigenvalue weighted by Crippen LogP contribution is 2.29. The summed E-state index contributed by atoms with van der Waals surface area (Å²) in [6, 6.07) is 8.20. The smallest absolute Gasteiger partial charge is 0.272 e. The Morgan fingerprint density at radius 3 is 2.62 bits per heavy atom. The monoisotopic (exact) mass is 331 g/mol. The summed E-state index contributed by atoms with van der Waals surface area (Å²) in [6.07, 6.45) is 3.26. The van der Waals surface area contributed by atoms with Crippen LogP contribution < -0.4 is 10.9 Å². The normalized spacial score (nSPS) is 16.1. The first-order valence-corrected chi connectivity index (χ1v) is 7.83. The number of rotatable bonds is 4. The summed E-state index contributed by atoms with van der Waals surface area (Å²) in [5.41, 5.74) is -1.19. The van der Waals surface area contributed by atoms with Crippen molar-refractivity contribution in [1.29, 1.82) is 0 Å². The number of hydrogen-bond donors (Lipinski definition) is 2. The molecule has 0 bridgehead atoms. The second-order valence-corrected chi connectivity index (χ2v) is 6.02. The molecule has 1 aliphatic rings. The number of aromatic nitrogens is 2. The first kappa shape index (κ1) is 16.3. The van der Waals surface area contributed by atoms with E-state index in [0.717, 1.165) is 17.5 Å². The molecule has 1 amide bonds. The van der Waals surface area contributed by atoms with Crippen molar-refractivity contribution in [3.63, 3.8) is 0 Å². The van der Waals surface area contributed by atoms with E-state index in [0.29, 0.717) is 12.8 Å². The van der Waals surface area contributed by atoms with Crippen molar-refractivity contribution in [2.24, 2.45) is 0 Å². The van der Waals surface area contributed by atoms with Gasteiger partial charge < -0.3 is 10.4 Å². The van der Waals surface area contributed by atoms with E-state index in [9.17, 15) is 19.1 Å². The largest absolute Gasteiger partial charge is 0.394 e. The lowest BCUT2D eigenvalue weighted by Gasteiger charge is -2.27. The predicted molar refractivity (Wildman–Crippen MR) is 85.5 cm³/mol. The van der Waals surface area contributed by atoms with Crippen LogP contribution in [-0.4, -0.2) is 32.9 Å². The Balaban J connectivity index is 1.93. The molecule has 0 saturated heterocycles. The third-order valence-electron chi connectivity index (χ3n) is 4.36. The zero-order valence-corrected chi connectivity index (χ0v) is 13.0. The Hall–Kier alpha value is -2.54. The van der Waals surface area contributed by atoms with Crippen LogP contribution in [0.3, 0.4) is 0 Å². The molecule has 2 N–H and O–H groups in total. The number of benzene rings is 1. The van der Waals surface area contributed by atoms with Crippen molar-refractivity contribution in [3.8, 4) is 5.69 Å². The van der Waals surface area contributed by atoms with Gasteiger partial charge in [0.1, 0.15) is 17.2 Å². The van der Waals surface area contributed by atoms with E-state index in [4.69, 9.17) is 0 Å². The number of hydrogen-bond acceptors (Lipinski definition) is 4. The lowest BCUT2D eigenvalue weighted by Crippen LogP contribution is -2.49. The summed E-state index contributed by atoms with van der Waals surface area (Å²) in [7, 11) is 0. The lowest BCUT2D eigenvalue weighted by molar-refractivity contribution is 0.0831. The van der Waals surface area contributed by atoms with Gasteiger partial charge in [0.05, 0.1) is 12.1 Å². The van der Waals surface area contributed by atoms with Crippen LogP contribution in [0, 0.1) is 5.82 Å². The minimum absolute atomic E-state index is 0.00224. The Labute approximate surface area is 137 Å². The van der Waals surface area contributed by atoms with Crippen LogP contribution >= 0.6 is 0 Å². The molecule has 1 fully saturated rings. The van der Waals surface area contributed by atoms with Crippen LogP contribution in [0.4, 0.5) is 4.39 Å². The number of nitrogens with zero attached hydrogens (tertiary/aromatic N) is 2. The van der Waals surface area contributed by atoms with Crippen molar-refractivity contribution < 1.29 is 14.3 Å². The highest BCUT2D eigenvalue weighted by molar-refractivity contribution is 5.92. The van der Waals surface area contributed by atoms with Crippen molar-refractivity contribution >= 4 is 5.91 Å². The predicted octanol–water partition coefficient (Wildman–Crippen LogP) is 1.41. The summed E-state index contributed by atoms with van der Waals surface area (Å²) in [5.74, 6) is -1.09. The van der Waals surface area contributed by atoms with Gasteiger partial charge in [0.25, 0.3) is 11.5 Å². The lowest BCUT2D eigenvalue weighted by atomic mass is 9.99. The van der Waals surface area contributed by atoms with Gasteiger partial charge in [-0.05, 0) is 31.0 Å². The molecule has 0 unspecified atom stereocenters. The summed E-state index contributed by atoms with van der Waals surface area (Å²) < 4.78 is 14.8. The summed E-state index contributed by atoms with van der Waals surface area (Å²) in [4.78, 5) is 24.4. The molecule has 1 aromatic heterocycles. The first-order valence-electron chi connectivity index (χ1n) is 7.83. The Morgan fingerprint density at radius 1 is 1.25 bits per heavy atom. The molecular formula is C17H18FN3O3. The van der Waals surface area contributed by atoms with E-state index in [1.807, 2.05) is 0 Å². The highest BCUT2D eigenvalue weighted by atomic mass is 19.1. The van der Waals surface area contributed by atoms with E-state index < -0.39 is 22.8 Å². The number of halogens is 1. The molecule has 1 aliphatic carbocycles. The van der Waals surface area contributed by atoms with Gasteiger partial charge in [0, 0.05) is 6.07 Å². The van der Waals surface area contributed by atoms with E-state index in [1.165, 1.54) is 30.3 Å². The minimum atomic E-state index is -0.641. The van der Waals surface area contributed by atoms with E-state index in [-0.39, 0.29) is 18.0 Å². The topological polar surface area (TPSA) is 84.2 Å². The SMILES string of the molecule is O=C(NC1(CO)CCCC1)c1ccc(=O)n(-c2ccccc2F)n1. The highest BCUT2D eigenvalue weighted by Gasteiger charge is 2.35. The van der Waals surface area contributed by atoms with Crippen molar-refractivity contribution in [2.45, 2.75) is 31.2 Å². The fourth-order valence-corrected chi connectivity index (χ4v) is 3.01. The summed E-state index contributed by atoms with van der Waals surface area (Å²) in [5, 5.41) is 16.4. The van der Waals surface area contributed by atoms with Crippen molar-refractivity contribution in [2.75, 3.05) is 6.61 Å². The van der Waals surface area contributed by atoms with Crippen LogP contribution in [0.2, 0.25) is 0 Å². The zero-order valence-electron chi connectivity index (χ0n) is 13.0. The van der Waals surface area contributed by atoms with E-state index >= 15 is 0 Å².